The molecule has 204 valence electrons. The van der Waals surface area contributed by atoms with Crippen molar-refractivity contribution in [1.29, 1.82) is 0 Å². The molecule has 0 aliphatic rings. The van der Waals surface area contributed by atoms with Crippen LogP contribution in [0.3, 0.4) is 0 Å². The second kappa shape index (κ2) is 11.3. The van der Waals surface area contributed by atoms with Crippen LogP contribution in [0.15, 0.2) is 73.2 Å². The summed E-state index contributed by atoms with van der Waals surface area (Å²) in [5.41, 5.74) is -1.03. The molecule has 4 aromatic rings. The lowest BCUT2D eigenvalue weighted by atomic mass is 9.95. The number of H-pyrrole nitrogens is 1. The number of alkyl halides is 6. The highest BCUT2D eigenvalue weighted by Gasteiger charge is 2.37. The minimum atomic E-state index is -4.99. The van der Waals surface area contributed by atoms with Crippen molar-refractivity contribution in [2.45, 2.75) is 44.1 Å². The summed E-state index contributed by atoms with van der Waals surface area (Å²) in [5, 5.41) is 3.51. The number of amides is 1. The number of benzene rings is 2. The number of ketones is 1. The number of nitrogens with zero attached hydrogens (tertiary/aromatic N) is 1. The van der Waals surface area contributed by atoms with Crippen LogP contribution in [0.4, 0.5) is 26.3 Å². The van der Waals surface area contributed by atoms with Gasteiger partial charge in [-0.25, -0.2) is 0 Å². The van der Waals surface area contributed by atoms with Crippen LogP contribution >= 0.6 is 0 Å². The third-order valence-corrected chi connectivity index (χ3v) is 6.22. The number of hydrogen-bond acceptors (Lipinski definition) is 3. The van der Waals surface area contributed by atoms with E-state index in [4.69, 9.17) is 0 Å². The highest BCUT2D eigenvalue weighted by molar-refractivity contribution is 5.91. The molecule has 0 aliphatic carbocycles. The average molecular weight is 547 g/mol. The molecule has 0 saturated carbocycles. The molecule has 0 bridgehead atoms. The number of carbonyl (C=O) groups excluding carboxylic acids is 2. The van der Waals surface area contributed by atoms with Gasteiger partial charge in [-0.2, -0.15) is 26.3 Å². The highest BCUT2D eigenvalue weighted by Crippen LogP contribution is 2.36. The standard InChI is InChI=1S/C28H23F6N3O2/c29-27(30,31)20-10-17(11-21(14-20)28(32,33)34)7-8-25(38)24(37-26(39)12-18-4-3-9-35-15-18)13-19-16-36-23-6-2-1-5-22(19)23/h1-6,9-11,14-16,24,36H,7-8,12-13H2,(H,37,39). The first-order valence-electron chi connectivity index (χ1n) is 11.9. The van der Waals surface area contributed by atoms with Gasteiger partial charge in [0.15, 0.2) is 5.78 Å². The number of para-hydroxylation sites is 1. The highest BCUT2D eigenvalue weighted by atomic mass is 19.4. The van der Waals surface area contributed by atoms with E-state index in [9.17, 15) is 35.9 Å². The summed E-state index contributed by atoms with van der Waals surface area (Å²) in [6.45, 7) is 0. The fourth-order valence-corrected chi connectivity index (χ4v) is 4.30. The van der Waals surface area contributed by atoms with E-state index < -0.39 is 41.2 Å². The number of halogens is 6. The zero-order valence-corrected chi connectivity index (χ0v) is 20.4. The van der Waals surface area contributed by atoms with Gasteiger partial charge in [0.1, 0.15) is 0 Å². The van der Waals surface area contributed by atoms with Gasteiger partial charge in [0.05, 0.1) is 23.6 Å². The van der Waals surface area contributed by atoms with Gasteiger partial charge in [-0.3, -0.25) is 14.6 Å². The Labute approximate surface area is 219 Å². The van der Waals surface area contributed by atoms with E-state index in [1.54, 1.807) is 24.5 Å². The minimum Gasteiger partial charge on any atom is -0.361 e. The van der Waals surface area contributed by atoms with Crippen LogP contribution in [0, 0.1) is 0 Å². The summed E-state index contributed by atoms with van der Waals surface area (Å²) in [6, 6.07) is 10.9. The Balaban J connectivity index is 1.55. The molecular formula is C28H23F6N3O2. The van der Waals surface area contributed by atoms with Gasteiger partial charge in [-0.05, 0) is 53.4 Å². The number of rotatable bonds is 9. The molecule has 0 aliphatic heterocycles. The van der Waals surface area contributed by atoms with Crippen molar-refractivity contribution < 1.29 is 35.9 Å². The molecule has 1 amide bonds. The molecular weight excluding hydrogens is 524 g/mol. The Morgan fingerprint density at radius 3 is 2.23 bits per heavy atom. The van der Waals surface area contributed by atoms with Crippen molar-refractivity contribution in [3.8, 4) is 0 Å². The molecule has 11 heteroatoms. The van der Waals surface area contributed by atoms with E-state index in [0.29, 0.717) is 17.7 Å². The molecule has 2 heterocycles. The molecule has 1 unspecified atom stereocenters. The number of hydrogen-bond donors (Lipinski definition) is 2. The van der Waals surface area contributed by atoms with E-state index in [2.05, 4.69) is 15.3 Å². The number of aryl methyl sites for hydroxylation is 1. The summed E-state index contributed by atoms with van der Waals surface area (Å²) < 4.78 is 79.4. The molecule has 0 saturated heterocycles. The molecule has 0 spiro atoms. The van der Waals surface area contributed by atoms with Crippen LogP contribution in [-0.4, -0.2) is 27.7 Å². The fourth-order valence-electron chi connectivity index (χ4n) is 4.30. The second-order valence-electron chi connectivity index (χ2n) is 9.10. The maximum Gasteiger partial charge on any atom is 0.416 e. The number of aromatic nitrogens is 2. The zero-order chi connectivity index (χ0) is 28.2. The zero-order valence-electron chi connectivity index (χ0n) is 20.4. The molecule has 2 N–H and O–H groups in total. The quantitative estimate of drug-likeness (QED) is 0.250. The van der Waals surface area contributed by atoms with Crippen molar-refractivity contribution in [2.75, 3.05) is 0 Å². The SMILES string of the molecule is O=C(Cc1cccnc1)NC(Cc1c[nH]c2ccccc12)C(=O)CCc1cc(C(F)(F)F)cc(C(F)(F)F)c1. The largest absolute Gasteiger partial charge is 0.416 e. The number of Topliss-reactive ketones (excluding diaryl/α,β-unsaturated/α-hetero) is 1. The van der Waals surface area contributed by atoms with Crippen molar-refractivity contribution in [3.63, 3.8) is 0 Å². The lowest BCUT2D eigenvalue weighted by Crippen LogP contribution is -2.43. The van der Waals surface area contributed by atoms with Crippen molar-refractivity contribution in [1.82, 2.24) is 15.3 Å². The summed E-state index contributed by atoms with van der Waals surface area (Å²) in [6.07, 6.45) is -5.96. The summed E-state index contributed by atoms with van der Waals surface area (Å²) in [7, 11) is 0. The van der Waals surface area contributed by atoms with Gasteiger partial charge < -0.3 is 10.3 Å². The van der Waals surface area contributed by atoms with Gasteiger partial charge >= 0.3 is 12.4 Å². The smallest absolute Gasteiger partial charge is 0.361 e. The van der Waals surface area contributed by atoms with Gasteiger partial charge in [-0.1, -0.05) is 24.3 Å². The maximum absolute atomic E-state index is 13.2. The number of pyridine rings is 1. The van der Waals surface area contributed by atoms with Crippen molar-refractivity contribution in [2.24, 2.45) is 0 Å². The Kier molecular flexibility index (Phi) is 8.08. The lowest BCUT2D eigenvalue weighted by Gasteiger charge is -2.19. The van der Waals surface area contributed by atoms with E-state index in [1.165, 1.54) is 6.20 Å². The number of nitrogens with one attached hydrogen (secondary N) is 2. The molecule has 0 fully saturated rings. The van der Waals surface area contributed by atoms with Crippen molar-refractivity contribution in [3.05, 3.63) is 101 Å². The predicted molar refractivity (Wildman–Crippen MR) is 132 cm³/mol. The maximum atomic E-state index is 13.2. The van der Waals surface area contributed by atoms with Crippen LogP contribution < -0.4 is 5.32 Å². The summed E-state index contributed by atoms with van der Waals surface area (Å²) >= 11 is 0. The third-order valence-electron chi connectivity index (χ3n) is 6.22. The van der Waals surface area contributed by atoms with E-state index in [0.717, 1.165) is 16.5 Å². The first-order chi connectivity index (χ1) is 18.4. The topological polar surface area (TPSA) is 74.8 Å². The van der Waals surface area contributed by atoms with Gasteiger partial charge in [-0.15, -0.1) is 0 Å². The molecule has 4 rings (SSSR count). The molecule has 39 heavy (non-hydrogen) atoms. The lowest BCUT2D eigenvalue weighted by molar-refractivity contribution is -0.143. The Morgan fingerprint density at radius 1 is 0.897 bits per heavy atom. The van der Waals surface area contributed by atoms with Crippen LogP contribution in [0.2, 0.25) is 0 Å². The first kappa shape index (κ1) is 27.9. The number of carbonyl (C=O) groups is 2. The Hall–Kier alpha value is -4.15. The summed E-state index contributed by atoms with van der Waals surface area (Å²) in [4.78, 5) is 33.0. The molecule has 0 radical (unpaired) electrons. The minimum absolute atomic E-state index is 0.0454. The van der Waals surface area contributed by atoms with E-state index in [1.807, 2.05) is 24.3 Å². The molecule has 1 atom stereocenters. The van der Waals surface area contributed by atoms with Crippen molar-refractivity contribution >= 4 is 22.6 Å². The van der Waals surface area contributed by atoms with Crippen LogP contribution in [0.25, 0.3) is 10.9 Å². The van der Waals surface area contributed by atoms with Crippen LogP contribution in [-0.2, 0) is 41.2 Å². The van der Waals surface area contributed by atoms with Gasteiger partial charge in [0, 0.05) is 42.3 Å². The molecule has 2 aromatic carbocycles. The van der Waals surface area contributed by atoms with Crippen LogP contribution in [0.5, 0.6) is 0 Å². The third kappa shape index (κ3) is 7.24. The number of aromatic amines is 1. The number of fused-ring (bicyclic) bond motifs is 1. The molecule has 5 nitrogen and oxygen atoms in total. The fraction of sp³-hybridized carbons (Fsp3) is 0.250. The van der Waals surface area contributed by atoms with Gasteiger partial charge in [0.25, 0.3) is 0 Å². The van der Waals surface area contributed by atoms with E-state index in [-0.39, 0.29) is 37.3 Å². The van der Waals surface area contributed by atoms with Crippen LogP contribution in [0.1, 0.15) is 34.2 Å². The second-order valence-corrected chi connectivity index (χ2v) is 9.10. The predicted octanol–water partition coefficient (Wildman–Crippen LogP) is 6.07. The first-order valence-corrected chi connectivity index (χ1v) is 11.9. The molecule has 2 aromatic heterocycles. The van der Waals surface area contributed by atoms with Gasteiger partial charge in [0.2, 0.25) is 5.91 Å². The average Bonchev–Trinajstić information content (AvgIpc) is 3.29. The Bertz CT molecular complexity index is 1430. The van der Waals surface area contributed by atoms with E-state index >= 15 is 0 Å². The monoisotopic (exact) mass is 547 g/mol. The summed E-state index contributed by atoms with van der Waals surface area (Å²) in [5.74, 6) is -0.995. The normalized spacial score (nSPS) is 12.9. The Morgan fingerprint density at radius 2 is 1.59 bits per heavy atom.